The number of alkyl halides is 1. The lowest BCUT2D eigenvalue weighted by Gasteiger charge is -2.37. The second-order valence-electron chi connectivity index (χ2n) is 4.29. The van der Waals surface area contributed by atoms with Crippen molar-refractivity contribution in [1.29, 1.82) is 0 Å². The van der Waals surface area contributed by atoms with Gasteiger partial charge in [-0.2, -0.15) is 0 Å². The average Bonchev–Trinajstić information content (AvgIpc) is 2.28. The summed E-state index contributed by atoms with van der Waals surface area (Å²) in [4.78, 5) is 24.3. The first-order valence-electron chi connectivity index (χ1n) is 5.65. The summed E-state index contributed by atoms with van der Waals surface area (Å²) in [6.07, 6.45) is 4.07. The van der Waals surface area contributed by atoms with Gasteiger partial charge in [-0.05, 0) is 12.8 Å². The minimum atomic E-state index is -0.157. The van der Waals surface area contributed by atoms with E-state index in [4.69, 9.17) is 11.6 Å². The normalized spacial score (nSPS) is 24.9. The van der Waals surface area contributed by atoms with Crippen molar-refractivity contribution < 1.29 is 9.59 Å². The third-order valence-corrected chi connectivity index (χ3v) is 3.43. The fraction of sp³-hybridized carbons (Fsp3) is 0.818. The van der Waals surface area contributed by atoms with E-state index >= 15 is 0 Å². The van der Waals surface area contributed by atoms with Crippen molar-refractivity contribution in [2.24, 2.45) is 0 Å². The number of nitrogens with one attached hydrogen (secondary N) is 1. The van der Waals surface area contributed by atoms with Crippen LogP contribution in [0.2, 0.25) is 0 Å². The lowest BCUT2D eigenvalue weighted by Crippen LogP contribution is -2.53. The number of nitrogens with zero attached hydrogens (tertiary/aromatic N) is 1. The summed E-state index contributed by atoms with van der Waals surface area (Å²) >= 11 is 5.47. The highest BCUT2D eigenvalue weighted by Crippen LogP contribution is 2.22. The Hall–Kier alpha value is -0.770. The number of carbonyl (C=O) groups is 2. The van der Waals surface area contributed by atoms with Crippen molar-refractivity contribution in [3.63, 3.8) is 0 Å². The Morgan fingerprint density at radius 3 is 2.56 bits per heavy atom. The Morgan fingerprint density at radius 1 is 1.38 bits per heavy atom. The van der Waals surface area contributed by atoms with Crippen LogP contribution in [0.25, 0.3) is 0 Å². The van der Waals surface area contributed by atoms with Gasteiger partial charge in [0.05, 0.1) is 6.04 Å². The van der Waals surface area contributed by atoms with E-state index in [0.717, 1.165) is 25.7 Å². The molecule has 1 N–H and O–H groups in total. The summed E-state index contributed by atoms with van der Waals surface area (Å²) in [6.45, 7) is 1.55. The second kappa shape index (κ2) is 6.09. The van der Waals surface area contributed by atoms with Crippen LogP contribution >= 0.6 is 11.6 Å². The van der Waals surface area contributed by atoms with Crippen LogP contribution in [-0.4, -0.2) is 41.7 Å². The minimum Gasteiger partial charge on any atom is -0.350 e. The summed E-state index contributed by atoms with van der Waals surface area (Å²) in [5, 5.41) is 2.89. The molecule has 0 heterocycles. The molecule has 0 bridgehead atoms. The van der Waals surface area contributed by atoms with Crippen LogP contribution in [-0.2, 0) is 9.59 Å². The van der Waals surface area contributed by atoms with Crippen molar-refractivity contribution in [2.45, 2.75) is 44.7 Å². The molecule has 0 saturated heterocycles. The van der Waals surface area contributed by atoms with Gasteiger partial charge in [0.15, 0.2) is 0 Å². The quantitative estimate of drug-likeness (QED) is 0.759. The van der Waals surface area contributed by atoms with E-state index in [0.29, 0.717) is 0 Å². The van der Waals surface area contributed by atoms with E-state index in [1.165, 1.54) is 0 Å². The second-order valence-corrected chi connectivity index (χ2v) is 4.56. The van der Waals surface area contributed by atoms with Gasteiger partial charge in [0.1, 0.15) is 5.88 Å². The molecule has 0 aromatic heterocycles. The highest BCUT2D eigenvalue weighted by atomic mass is 35.5. The van der Waals surface area contributed by atoms with Crippen LogP contribution < -0.4 is 5.32 Å². The van der Waals surface area contributed by atoms with E-state index in [1.54, 1.807) is 18.9 Å². The van der Waals surface area contributed by atoms with Crippen LogP contribution in [0.1, 0.15) is 32.6 Å². The molecule has 1 aliphatic rings. The summed E-state index contributed by atoms with van der Waals surface area (Å²) in [7, 11) is 1.79. The van der Waals surface area contributed by atoms with Crippen LogP contribution in [0.3, 0.4) is 0 Å². The van der Waals surface area contributed by atoms with Crippen molar-refractivity contribution in [1.82, 2.24) is 10.2 Å². The first-order chi connectivity index (χ1) is 7.56. The zero-order valence-electron chi connectivity index (χ0n) is 9.83. The van der Waals surface area contributed by atoms with Gasteiger partial charge in [0.25, 0.3) is 0 Å². The molecule has 16 heavy (non-hydrogen) atoms. The number of rotatable bonds is 3. The van der Waals surface area contributed by atoms with Gasteiger partial charge < -0.3 is 10.2 Å². The third kappa shape index (κ3) is 3.37. The molecule has 0 spiro atoms. The maximum atomic E-state index is 11.3. The predicted molar refractivity (Wildman–Crippen MR) is 63.4 cm³/mol. The molecule has 1 saturated carbocycles. The summed E-state index contributed by atoms with van der Waals surface area (Å²) in [5.74, 6) is -0.139. The molecule has 92 valence electrons. The van der Waals surface area contributed by atoms with Crippen molar-refractivity contribution in [3.8, 4) is 0 Å². The molecule has 1 rings (SSSR count). The molecule has 0 unspecified atom stereocenters. The van der Waals surface area contributed by atoms with Gasteiger partial charge in [-0.3, -0.25) is 9.59 Å². The van der Waals surface area contributed by atoms with E-state index in [1.807, 2.05) is 0 Å². The lowest BCUT2D eigenvalue weighted by atomic mass is 9.89. The van der Waals surface area contributed by atoms with Gasteiger partial charge in [0, 0.05) is 20.0 Å². The van der Waals surface area contributed by atoms with Crippen molar-refractivity contribution in [3.05, 3.63) is 0 Å². The number of halogens is 1. The van der Waals surface area contributed by atoms with Crippen molar-refractivity contribution in [2.75, 3.05) is 12.9 Å². The standard InChI is InChI=1S/C11H19ClN2O2/c1-8(15)14(2)10-6-4-3-5-9(10)13-11(16)7-12/h9-10H,3-7H2,1-2H3,(H,13,16)/t9-,10+/m0/s1. The molecule has 0 aromatic carbocycles. The Bertz CT molecular complexity index is 271. The summed E-state index contributed by atoms with van der Waals surface area (Å²) in [6, 6.07) is 0.160. The largest absolute Gasteiger partial charge is 0.350 e. The van der Waals surface area contributed by atoms with Crippen LogP contribution in [0.5, 0.6) is 0 Å². The van der Waals surface area contributed by atoms with E-state index in [2.05, 4.69) is 5.32 Å². The number of hydrogen-bond donors (Lipinski definition) is 1. The molecule has 0 radical (unpaired) electrons. The van der Waals surface area contributed by atoms with Crippen molar-refractivity contribution >= 4 is 23.4 Å². The maximum Gasteiger partial charge on any atom is 0.235 e. The SMILES string of the molecule is CC(=O)N(C)[C@@H]1CCCC[C@@H]1NC(=O)CCl. The van der Waals surface area contributed by atoms with Gasteiger partial charge in [-0.25, -0.2) is 0 Å². The lowest BCUT2D eigenvalue weighted by molar-refractivity contribution is -0.132. The molecule has 2 amide bonds. The zero-order valence-corrected chi connectivity index (χ0v) is 10.6. The van der Waals surface area contributed by atoms with E-state index in [-0.39, 0.29) is 29.8 Å². The van der Waals surface area contributed by atoms with Gasteiger partial charge in [-0.1, -0.05) is 12.8 Å². The maximum absolute atomic E-state index is 11.3. The molecule has 0 aromatic rings. The molecule has 4 nitrogen and oxygen atoms in total. The molecule has 0 aliphatic heterocycles. The first-order valence-corrected chi connectivity index (χ1v) is 6.18. The Balaban J connectivity index is 2.63. The predicted octanol–water partition coefficient (Wildman–Crippen LogP) is 1.13. The van der Waals surface area contributed by atoms with E-state index in [9.17, 15) is 9.59 Å². The molecule has 1 aliphatic carbocycles. The molecule has 1 fully saturated rings. The Labute approximate surface area is 101 Å². The number of likely N-dealkylation sites (N-methyl/N-ethyl adjacent to an activating group) is 1. The number of amides is 2. The summed E-state index contributed by atoms with van der Waals surface area (Å²) in [5.41, 5.74) is 0. The van der Waals surface area contributed by atoms with Gasteiger partial charge >= 0.3 is 0 Å². The first kappa shape index (κ1) is 13.3. The Kier molecular flexibility index (Phi) is 5.06. The molecular weight excluding hydrogens is 228 g/mol. The van der Waals surface area contributed by atoms with Gasteiger partial charge in [-0.15, -0.1) is 11.6 Å². The third-order valence-electron chi connectivity index (χ3n) is 3.19. The minimum absolute atomic E-state index is 0.0208. The van der Waals surface area contributed by atoms with Crippen LogP contribution in [0.4, 0.5) is 0 Å². The Morgan fingerprint density at radius 2 is 2.00 bits per heavy atom. The fourth-order valence-corrected chi connectivity index (χ4v) is 2.30. The average molecular weight is 247 g/mol. The molecular formula is C11H19ClN2O2. The smallest absolute Gasteiger partial charge is 0.235 e. The highest BCUT2D eigenvalue weighted by Gasteiger charge is 2.30. The van der Waals surface area contributed by atoms with Crippen LogP contribution in [0.15, 0.2) is 0 Å². The number of carbonyl (C=O) groups excluding carboxylic acids is 2. The van der Waals surface area contributed by atoms with Crippen LogP contribution in [0, 0.1) is 0 Å². The highest BCUT2D eigenvalue weighted by molar-refractivity contribution is 6.27. The number of hydrogen-bond acceptors (Lipinski definition) is 2. The topological polar surface area (TPSA) is 49.4 Å². The van der Waals surface area contributed by atoms with Gasteiger partial charge in [0.2, 0.25) is 11.8 Å². The van der Waals surface area contributed by atoms with E-state index < -0.39 is 0 Å². The summed E-state index contributed by atoms with van der Waals surface area (Å²) < 4.78 is 0. The molecule has 5 heteroatoms. The fourth-order valence-electron chi connectivity index (χ4n) is 2.22. The molecule has 2 atom stereocenters. The monoisotopic (exact) mass is 246 g/mol. The zero-order chi connectivity index (χ0) is 12.1.